The summed E-state index contributed by atoms with van der Waals surface area (Å²) in [5.74, 6) is 1.55. The molecule has 0 aliphatic carbocycles. The third-order valence-electron chi connectivity index (χ3n) is 5.21. The molecule has 3 rings (SSSR count). The van der Waals surface area contributed by atoms with Crippen LogP contribution in [-0.4, -0.2) is 65.9 Å². The first-order chi connectivity index (χ1) is 12.1. The Hall–Kier alpha value is -2.11. The lowest BCUT2D eigenvalue weighted by Gasteiger charge is -2.39. The Balaban J connectivity index is 1.48. The highest BCUT2D eigenvalue weighted by Gasteiger charge is 2.32. The van der Waals surface area contributed by atoms with Gasteiger partial charge in [-0.1, -0.05) is 19.9 Å². The van der Waals surface area contributed by atoms with E-state index in [2.05, 4.69) is 9.88 Å². The predicted octanol–water partition coefficient (Wildman–Crippen LogP) is 1.62. The molecule has 0 unspecified atom stereocenters. The Kier molecular flexibility index (Phi) is 5.56. The first-order valence-corrected chi connectivity index (χ1v) is 9.30. The number of pyridine rings is 1. The number of nitrogens with zero attached hydrogens (tertiary/aromatic N) is 4. The number of piperidine rings is 1. The summed E-state index contributed by atoms with van der Waals surface area (Å²) >= 11 is 0. The zero-order chi connectivity index (χ0) is 17.8. The SMILES string of the molecule is CC(C)C(=O)N1CCC(C(=O)N2CCN(c3ccccn3)CC2)CC1. The first kappa shape index (κ1) is 17.7. The lowest BCUT2D eigenvalue weighted by atomic mass is 9.94. The van der Waals surface area contributed by atoms with Gasteiger partial charge >= 0.3 is 0 Å². The second-order valence-corrected chi connectivity index (χ2v) is 7.25. The molecule has 2 fully saturated rings. The summed E-state index contributed by atoms with van der Waals surface area (Å²) < 4.78 is 0. The molecule has 0 N–H and O–H groups in total. The molecule has 25 heavy (non-hydrogen) atoms. The molecule has 0 bridgehead atoms. The van der Waals surface area contributed by atoms with Crippen LogP contribution in [0.2, 0.25) is 0 Å². The molecule has 1 aromatic heterocycles. The van der Waals surface area contributed by atoms with Gasteiger partial charge in [0.05, 0.1) is 0 Å². The van der Waals surface area contributed by atoms with Gasteiger partial charge in [0, 0.05) is 57.3 Å². The fourth-order valence-corrected chi connectivity index (χ4v) is 3.67. The minimum absolute atomic E-state index is 0.0342. The number of piperazine rings is 1. The van der Waals surface area contributed by atoms with E-state index in [0.29, 0.717) is 13.1 Å². The number of hydrogen-bond acceptors (Lipinski definition) is 4. The highest BCUT2D eigenvalue weighted by Crippen LogP contribution is 2.22. The quantitative estimate of drug-likeness (QED) is 0.836. The van der Waals surface area contributed by atoms with Crippen LogP contribution in [0.3, 0.4) is 0 Å². The zero-order valence-corrected chi connectivity index (χ0v) is 15.2. The van der Waals surface area contributed by atoms with Gasteiger partial charge in [0.2, 0.25) is 11.8 Å². The Morgan fingerprint density at radius 3 is 2.24 bits per heavy atom. The first-order valence-electron chi connectivity index (χ1n) is 9.30. The topological polar surface area (TPSA) is 56.8 Å². The Morgan fingerprint density at radius 2 is 1.68 bits per heavy atom. The van der Waals surface area contributed by atoms with Crippen LogP contribution in [0.4, 0.5) is 5.82 Å². The molecule has 0 saturated carbocycles. The van der Waals surface area contributed by atoms with Crippen LogP contribution < -0.4 is 4.90 Å². The molecule has 0 radical (unpaired) electrons. The number of anilines is 1. The number of aromatic nitrogens is 1. The minimum atomic E-state index is 0.0342. The fourth-order valence-electron chi connectivity index (χ4n) is 3.67. The largest absolute Gasteiger partial charge is 0.353 e. The molecule has 3 heterocycles. The average molecular weight is 344 g/mol. The van der Waals surface area contributed by atoms with Crippen molar-refractivity contribution in [2.75, 3.05) is 44.2 Å². The smallest absolute Gasteiger partial charge is 0.225 e. The van der Waals surface area contributed by atoms with Gasteiger partial charge in [0.1, 0.15) is 5.82 Å². The third-order valence-corrected chi connectivity index (χ3v) is 5.21. The Labute approximate surface area is 149 Å². The highest BCUT2D eigenvalue weighted by atomic mass is 16.2. The van der Waals surface area contributed by atoms with Crippen molar-refractivity contribution < 1.29 is 9.59 Å². The summed E-state index contributed by atoms with van der Waals surface area (Å²) in [6, 6.07) is 5.92. The van der Waals surface area contributed by atoms with Crippen molar-refractivity contribution in [2.24, 2.45) is 11.8 Å². The maximum atomic E-state index is 12.8. The molecule has 2 amide bonds. The molecular weight excluding hydrogens is 316 g/mol. The van der Waals surface area contributed by atoms with E-state index in [1.165, 1.54) is 0 Å². The van der Waals surface area contributed by atoms with Crippen LogP contribution in [0.1, 0.15) is 26.7 Å². The second kappa shape index (κ2) is 7.85. The van der Waals surface area contributed by atoms with E-state index in [1.807, 2.05) is 41.8 Å². The maximum absolute atomic E-state index is 12.8. The normalized spacial score (nSPS) is 19.4. The van der Waals surface area contributed by atoms with Crippen LogP contribution >= 0.6 is 0 Å². The van der Waals surface area contributed by atoms with Gasteiger partial charge < -0.3 is 14.7 Å². The van der Waals surface area contributed by atoms with Gasteiger partial charge in [-0.15, -0.1) is 0 Å². The van der Waals surface area contributed by atoms with E-state index >= 15 is 0 Å². The summed E-state index contributed by atoms with van der Waals surface area (Å²) in [5.41, 5.74) is 0. The molecule has 0 spiro atoms. The monoisotopic (exact) mass is 344 g/mol. The highest BCUT2D eigenvalue weighted by molar-refractivity contribution is 5.81. The minimum Gasteiger partial charge on any atom is -0.353 e. The van der Waals surface area contributed by atoms with E-state index in [0.717, 1.165) is 44.8 Å². The number of likely N-dealkylation sites (tertiary alicyclic amines) is 1. The average Bonchev–Trinajstić information content (AvgIpc) is 2.67. The van der Waals surface area contributed by atoms with Gasteiger partial charge in [0.15, 0.2) is 0 Å². The Morgan fingerprint density at radius 1 is 1.00 bits per heavy atom. The van der Waals surface area contributed by atoms with Crippen molar-refractivity contribution >= 4 is 17.6 Å². The van der Waals surface area contributed by atoms with Crippen molar-refractivity contribution in [1.29, 1.82) is 0 Å². The second-order valence-electron chi connectivity index (χ2n) is 7.25. The summed E-state index contributed by atoms with van der Waals surface area (Å²) in [5, 5.41) is 0. The molecule has 2 aliphatic rings. The van der Waals surface area contributed by atoms with E-state index in [-0.39, 0.29) is 23.7 Å². The van der Waals surface area contributed by atoms with Gasteiger partial charge in [-0.05, 0) is 25.0 Å². The number of amides is 2. The van der Waals surface area contributed by atoms with Crippen LogP contribution in [0.15, 0.2) is 24.4 Å². The molecule has 2 saturated heterocycles. The molecule has 0 atom stereocenters. The molecule has 6 heteroatoms. The summed E-state index contributed by atoms with van der Waals surface area (Å²) in [7, 11) is 0. The van der Waals surface area contributed by atoms with Gasteiger partial charge in [-0.2, -0.15) is 0 Å². The number of carbonyl (C=O) groups is 2. The van der Waals surface area contributed by atoms with Crippen LogP contribution in [-0.2, 0) is 9.59 Å². The number of carbonyl (C=O) groups excluding carboxylic acids is 2. The van der Waals surface area contributed by atoms with Crippen molar-refractivity contribution in [3.05, 3.63) is 24.4 Å². The van der Waals surface area contributed by atoms with Crippen molar-refractivity contribution in [2.45, 2.75) is 26.7 Å². The van der Waals surface area contributed by atoms with Gasteiger partial charge in [-0.25, -0.2) is 4.98 Å². The third kappa shape index (κ3) is 4.11. The van der Waals surface area contributed by atoms with Gasteiger partial charge in [-0.3, -0.25) is 9.59 Å². The molecule has 136 valence electrons. The summed E-state index contributed by atoms with van der Waals surface area (Å²) in [6.07, 6.45) is 3.38. The lowest BCUT2D eigenvalue weighted by molar-refractivity contribution is -0.142. The number of rotatable bonds is 3. The number of hydrogen-bond donors (Lipinski definition) is 0. The van der Waals surface area contributed by atoms with Crippen molar-refractivity contribution in [1.82, 2.24) is 14.8 Å². The standard InChI is InChI=1S/C19H28N4O2/c1-15(2)18(24)22-9-6-16(7-10-22)19(25)23-13-11-21(12-14-23)17-5-3-4-8-20-17/h3-5,8,15-16H,6-7,9-14H2,1-2H3. The molecule has 2 aliphatic heterocycles. The van der Waals surface area contributed by atoms with E-state index in [9.17, 15) is 9.59 Å². The van der Waals surface area contributed by atoms with Crippen molar-refractivity contribution in [3.63, 3.8) is 0 Å². The molecular formula is C19H28N4O2. The lowest BCUT2D eigenvalue weighted by Crippen LogP contribution is -2.52. The van der Waals surface area contributed by atoms with E-state index in [1.54, 1.807) is 6.20 Å². The summed E-state index contributed by atoms with van der Waals surface area (Å²) in [4.78, 5) is 35.4. The molecule has 0 aromatic carbocycles. The predicted molar refractivity (Wildman–Crippen MR) is 97.2 cm³/mol. The van der Waals surface area contributed by atoms with Crippen LogP contribution in [0.5, 0.6) is 0 Å². The fraction of sp³-hybridized carbons (Fsp3) is 0.632. The Bertz CT molecular complexity index is 589. The molecule has 6 nitrogen and oxygen atoms in total. The summed E-state index contributed by atoms with van der Waals surface area (Å²) in [6.45, 7) is 8.44. The van der Waals surface area contributed by atoms with Gasteiger partial charge in [0.25, 0.3) is 0 Å². The van der Waals surface area contributed by atoms with Crippen LogP contribution in [0, 0.1) is 11.8 Å². The van der Waals surface area contributed by atoms with Crippen LogP contribution in [0.25, 0.3) is 0 Å². The zero-order valence-electron chi connectivity index (χ0n) is 15.2. The van der Waals surface area contributed by atoms with Crippen molar-refractivity contribution in [3.8, 4) is 0 Å². The van der Waals surface area contributed by atoms with E-state index < -0.39 is 0 Å². The molecule has 1 aromatic rings. The maximum Gasteiger partial charge on any atom is 0.225 e. The van der Waals surface area contributed by atoms with E-state index in [4.69, 9.17) is 0 Å².